The van der Waals surface area contributed by atoms with Crippen molar-refractivity contribution >= 4 is 35.9 Å². The smallest absolute Gasteiger partial charge is 0.410 e. The first-order valence-electron chi connectivity index (χ1n) is 26.9. The Hall–Kier alpha value is -3.42. The highest BCUT2D eigenvalue weighted by molar-refractivity contribution is 5.82. The number of alkyl carbamates (subject to hydrolysis) is 1. The first-order chi connectivity index (χ1) is 32.4. The molecule has 1 N–H and O–H groups in total. The summed E-state index contributed by atoms with van der Waals surface area (Å²) >= 11 is 0. The minimum Gasteiger partial charge on any atom is -0.463 e. The van der Waals surface area contributed by atoms with Crippen LogP contribution >= 0.6 is 0 Å². The Kier molecular flexibility index (Phi) is 38.2. The number of ether oxygens (including phenoxy) is 6. The molecule has 2 amide bonds. The number of esters is 4. The maximum absolute atomic E-state index is 13.7. The van der Waals surface area contributed by atoms with E-state index in [1.54, 1.807) is 0 Å². The fraction of sp³-hybridized carbons (Fsp3) is 0.887. The van der Waals surface area contributed by atoms with E-state index in [1.165, 1.54) is 167 Å². The highest BCUT2D eigenvalue weighted by Crippen LogP contribution is 2.30. The van der Waals surface area contributed by atoms with E-state index in [0.29, 0.717) is 13.1 Å². The molecular weight excluding hydrogens is 857 g/mol. The average Bonchev–Trinajstić information content (AvgIpc) is 3.28. The topological polar surface area (TPSA) is 173 Å². The number of unbranched alkanes of at least 4 members (excludes halogenated alkanes) is 30. The van der Waals surface area contributed by atoms with Crippen molar-refractivity contribution in [2.75, 3.05) is 26.2 Å². The van der Waals surface area contributed by atoms with Gasteiger partial charge < -0.3 is 38.6 Å². The highest BCUT2D eigenvalue weighted by Gasteiger charge is 2.54. The van der Waals surface area contributed by atoms with Crippen LogP contribution in [0.5, 0.6) is 0 Å². The van der Waals surface area contributed by atoms with E-state index in [9.17, 15) is 28.8 Å². The summed E-state index contributed by atoms with van der Waals surface area (Å²) in [5.41, 5.74) is 0. The second kappa shape index (κ2) is 41.5. The summed E-state index contributed by atoms with van der Waals surface area (Å²) in [6.07, 6.45) is 32.0. The molecule has 0 saturated carbocycles. The first-order valence-corrected chi connectivity index (χ1v) is 26.9. The van der Waals surface area contributed by atoms with E-state index in [4.69, 9.17) is 28.4 Å². The highest BCUT2D eigenvalue weighted by atomic mass is 16.8. The van der Waals surface area contributed by atoms with Gasteiger partial charge in [0.2, 0.25) is 18.3 Å². The number of rotatable bonds is 42. The van der Waals surface area contributed by atoms with Crippen molar-refractivity contribution in [1.29, 1.82) is 0 Å². The average molecular weight is 953 g/mol. The van der Waals surface area contributed by atoms with Gasteiger partial charge in [-0.1, -0.05) is 206 Å². The summed E-state index contributed by atoms with van der Waals surface area (Å²) < 4.78 is 32.7. The van der Waals surface area contributed by atoms with Gasteiger partial charge in [0.05, 0.1) is 0 Å². The number of nitrogens with one attached hydrogen (secondary N) is 1. The van der Waals surface area contributed by atoms with Crippen LogP contribution in [0.15, 0.2) is 0 Å². The second-order valence-corrected chi connectivity index (χ2v) is 18.8. The van der Waals surface area contributed by atoms with Crippen molar-refractivity contribution < 1.29 is 57.2 Å². The minimum atomic E-state index is -1.69. The standard InChI is InChI=1S/C53H96N2O12/c1-7-9-11-13-15-17-19-21-23-25-27-29-31-33-35-37-39-55(40-38-36-34-32-30-28-26-24-22-20-18-16-14-12-10-8-2)48(60)41-54-53(61)67-52-51(65-46(6)59)50(64-45(5)58)49(63-44(4)57)47(66-52)42-62-43(3)56/h47,49-52H,7-42H2,1-6H3,(H,54,61)/t47-,49+,50+,51-,52+/m1/s1. The number of nitrogens with zero attached hydrogens (tertiary/aromatic N) is 1. The Morgan fingerprint density at radius 3 is 1.09 bits per heavy atom. The van der Waals surface area contributed by atoms with Gasteiger partial charge in [-0.15, -0.1) is 0 Å². The van der Waals surface area contributed by atoms with Gasteiger partial charge in [-0.2, -0.15) is 0 Å². The summed E-state index contributed by atoms with van der Waals surface area (Å²) in [6, 6.07) is 0. The molecule has 0 aromatic carbocycles. The Bertz CT molecular complexity index is 1280. The van der Waals surface area contributed by atoms with Crippen LogP contribution in [-0.4, -0.2) is 97.7 Å². The normalized spacial score (nSPS) is 17.9. The van der Waals surface area contributed by atoms with Crippen LogP contribution < -0.4 is 5.32 Å². The van der Waals surface area contributed by atoms with E-state index in [0.717, 1.165) is 66.2 Å². The quantitative estimate of drug-likeness (QED) is 0.0349. The summed E-state index contributed by atoms with van der Waals surface area (Å²) in [6.45, 7) is 9.37. The number of amides is 2. The number of carbonyl (C=O) groups excluding carboxylic acids is 6. The fourth-order valence-electron chi connectivity index (χ4n) is 8.75. The van der Waals surface area contributed by atoms with Crippen molar-refractivity contribution in [2.24, 2.45) is 0 Å². The summed E-state index contributed by atoms with van der Waals surface area (Å²) in [7, 11) is 0. The zero-order valence-electron chi connectivity index (χ0n) is 43.2. The zero-order valence-corrected chi connectivity index (χ0v) is 43.2. The lowest BCUT2D eigenvalue weighted by Gasteiger charge is -2.43. The van der Waals surface area contributed by atoms with Gasteiger partial charge >= 0.3 is 30.0 Å². The lowest BCUT2D eigenvalue weighted by Crippen LogP contribution is -2.63. The fourth-order valence-corrected chi connectivity index (χ4v) is 8.75. The van der Waals surface area contributed by atoms with Crippen LogP contribution in [0.2, 0.25) is 0 Å². The van der Waals surface area contributed by atoms with Crippen molar-refractivity contribution in [1.82, 2.24) is 10.2 Å². The molecule has 1 fully saturated rings. The molecule has 0 spiro atoms. The molecule has 1 saturated heterocycles. The molecule has 1 aliphatic heterocycles. The second-order valence-electron chi connectivity index (χ2n) is 18.8. The van der Waals surface area contributed by atoms with Gasteiger partial charge in [0, 0.05) is 40.8 Å². The van der Waals surface area contributed by atoms with E-state index in [-0.39, 0.29) is 12.5 Å². The molecule has 1 aliphatic rings. The van der Waals surface area contributed by atoms with Crippen LogP contribution in [0.3, 0.4) is 0 Å². The molecule has 14 heteroatoms. The third-order valence-electron chi connectivity index (χ3n) is 12.5. The van der Waals surface area contributed by atoms with Crippen LogP contribution in [0.25, 0.3) is 0 Å². The summed E-state index contributed by atoms with van der Waals surface area (Å²) in [5, 5.41) is 2.51. The van der Waals surface area contributed by atoms with Gasteiger partial charge in [0.1, 0.15) is 19.3 Å². The molecule has 1 heterocycles. The predicted molar refractivity (Wildman–Crippen MR) is 262 cm³/mol. The number of carbonyl (C=O) groups is 6. The molecule has 0 radical (unpaired) electrons. The van der Waals surface area contributed by atoms with Gasteiger partial charge in [0.25, 0.3) is 0 Å². The van der Waals surface area contributed by atoms with E-state index in [2.05, 4.69) is 19.2 Å². The Morgan fingerprint density at radius 1 is 0.418 bits per heavy atom. The van der Waals surface area contributed by atoms with E-state index >= 15 is 0 Å². The van der Waals surface area contributed by atoms with Gasteiger partial charge in [-0.05, 0) is 12.8 Å². The molecule has 67 heavy (non-hydrogen) atoms. The minimum absolute atomic E-state index is 0.250. The largest absolute Gasteiger partial charge is 0.463 e. The molecule has 1 rings (SSSR count). The van der Waals surface area contributed by atoms with Crippen LogP contribution in [0.1, 0.15) is 247 Å². The molecule has 0 bridgehead atoms. The van der Waals surface area contributed by atoms with E-state index < -0.39 is 67.3 Å². The van der Waals surface area contributed by atoms with Crippen molar-refractivity contribution in [2.45, 2.75) is 278 Å². The van der Waals surface area contributed by atoms with Crippen molar-refractivity contribution in [3.63, 3.8) is 0 Å². The molecule has 0 aromatic rings. The molecule has 14 nitrogen and oxygen atoms in total. The van der Waals surface area contributed by atoms with Gasteiger partial charge in [0.15, 0.2) is 12.2 Å². The lowest BCUT2D eigenvalue weighted by atomic mass is 9.98. The maximum atomic E-state index is 13.7. The zero-order chi connectivity index (χ0) is 49.3. The molecule has 0 unspecified atom stereocenters. The number of hydrogen-bond acceptors (Lipinski definition) is 12. The summed E-state index contributed by atoms with van der Waals surface area (Å²) in [5.74, 6) is -3.34. The number of hydrogen-bond donors (Lipinski definition) is 1. The molecule has 5 atom stereocenters. The first kappa shape index (κ1) is 61.6. The predicted octanol–water partition coefficient (Wildman–Crippen LogP) is 12.1. The van der Waals surface area contributed by atoms with E-state index in [1.807, 2.05) is 4.90 Å². The monoisotopic (exact) mass is 953 g/mol. The SMILES string of the molecule is CCCCCCCCCCCCCCCCCCN(CCCCCCCCCCCCCCCCCC)C(=O)CNC(=O)O[C@@H]1O[C@H](COC(C)=O)[C@H](OC(C)=O)[C@H](OC(C)=O)[C@H]1OC(C)=O. The Labute approximate surface area is 406 Å². The third-order valence-corrected chi connectivity index (χ3v) is 12.5. The van der Waals surface area contributed by atoms with Crippen molar-refractivity contribution in [3.8, 4) is 0 Å². The third kappa shape index (κ3) is 33.7. The molecule has 0 aromatic heterocycles. The lowest BCUT2D eigenvalue weighted by molar-refractivity contribution is -0.294. The molecular formula is C53H96N2O12. The van der Waals surface area contributed by atoms with Crippen LogP contribution in [0.4, 0.5) is 4.79 Å². The van der Waals surface area contributed by atoms with Crippen LogP contribution in [0, 0.1) is 0 Å². The molecule has 390 valence electrons. The Morgan fingerprint density at radius 2 is 0.746 bits per heavy atom. The van der Waals surface area contributed by atoms with Crippen molar-refractivity contribution in [3.05, 3.63) is 0 Å². The summed E-state index contributed by atoms with van der Waals surface area (Å²) in [4.78, 5) is 76.9. The maximum Gasteiger partial charge on any atom is 0.410 e. The van der Waals surface area contributed by atoms with Gasteiger partial charge in [-0.25, -0.2) is 4.79 Å². The molecule has 0 aliphatic carbocycles. The van der Waals surface area contributed by atoms with Crippen LogP contribution in [-0.2, 0) is 52.4 Å². The van der Waals surface area contributed by atoms with Gasteiger partial charge in [-0.3, -0.25) is 24.0 Å². The Balaban J connectivity index is 2.72.